The van der Waals surface area contributed by atoms with Crippen LogP contribution in [0.25, 0.3) is 0 Å². The number of nitrogens with zero attached hydrogens (tertiary/aromatic N) is 2. The van der Waals surface area contributed by atoms with Crippen molar-refractivity contribution in [1.29, 1.82) is 5.26 Å². The molecule has 0 saturated heterocycles. The molecule has 0 atom stereocenters. The van der Waals surface area contributed by atoms with Crippen molar-refractivity contribution in [2.75, 3.05) is 19.7 Å². The Bertz CT molecular complexity index is 603. The van der Waals surface area contributed by atoms with Crippen LogP contribution in [0.15, 0.2) is 35.7 Å². The fourth-order valence-corrected chi connectivity index (χ4v) is 3.30. The summed E-state index contributed by atoms with van der Waals surface area (Å²) in [7, 11) is -3.74. The molecule has 0 saturated carbocycles. The molecule has 0 aliphatic rings. The van der Waals surface area contributed by atoms with E-state index < -0.39 is 10.0 Å². The zero-order valence-corrected chi connectivity index (χ0v) is 11.5. The number of benzene rings is 1. The minimum Gasteiger partial charge on any atom is -0.395 e. The minimum atomic E-state index is -3.74. The van der Waals surface area contributed by atoms with E-state index in [1.165, 1.54) is 12.1 Å². The quantitative estimate of drug-likeness (QED) is 0.789. The summed E-state index contributed by atoms with van der Waals surface area (Å²) in [6, 6.07) is 6.42. The summed E-state index contributed by atoms with van der Waals surface area (Å²) in [5.41, 5.74) is 0.845. The predicted octanol–water partition coefficient (Wildman–Crippen LogP) is 1.04. The summed E-state index contributed by atoms with van der Waals surface area (Å²) in [6.07, 6.45) is 1.46. The smallest absolute Gasteiger partial charge is 0.243 e. The number of aliphatic hydroxyl groups excluding tert-OH is 1. The van der Waals surface area contributed by atoms with E-state index in [2.05, 4.69) is 6.58 Å². The lowest BCUT2D eigenvalue weighted by Gasteiger charge is -2.20. The van der Waals surface area contributed by atoms with E-state index in [1.807, 2.05) is 6.07 Å². The molecule has 0 heterocycles. The van der Waals surface area contributed by atoms with Gasteiger partial charge >= 0.3 is 0 Å². The van der Waals surface area contributed by atoms with Crippen LogP contribution in [0.1, 0.15) is 11.1 Å². The number of hydrogen-bond donors (Lipinski definition) is 1. The van der Waals surface area contributed by atoms with Gasteiger partial charge in [-0.25, -0.2) is 8.42 Å². The molecule has 0 aromatic heterocycles. The molecule has 102 valence electrons. The van der Waals surface area contributed by atoms with E-state index in [0.717, 1.165) is 4.31 Å². The maximum atomic E-state index is 12.5. The van der Waals surface area contributed by atoms with Crippen molar-refractivity contribution in [3.63, 3.8) is 0 Å². The topological polar surface area (TPSA) is 81.4 Å². The van der Waals surface area contributed by atoms with Crippen molar-refractivity contribution >= 4 is 10.0 Å². The molecule has 1 N–H and O–H groups in total. The van der Waals surface area contributed by atoms with Crippen molar-refractivity contribution < 1.29 is 13.5 Å². The molecule has 5 nitrogen and oxygen atoms in total. The van der Waals surface area contributed by atoms with Crippen molar-refractivity contribution in [1.82, 2.24) is 4.31 Å². The number of nitriles is 1. The van der Waals surface area contributed by atoms with Crippen LogP contribution in [0.4, 0.5) is 0 Å². The average Bonchev–Trinajstić information content (AvgIpc) is 2.39. The molecule has 1 aromatic carbocycles. The Kier molecular flexibility index (Phi) is 5.24. The second-order valence-corrected chi connectivity index (χ2v) is 5.87. The fraction of sp³-hybridized carbons (Fsp3) is 0.308. The first kappa shape index (κ1) is 15.4. The first-order valence-corrected chi connectivity index (χ1v) is 7.14. The number of sulfonamides is 1. The highest BCUT2D eigenvalue weighted by Gasteiger charge is 2.25. The van der Waals surface area contributed by atoms with Crippen LogP contribution >= 0.6 is 0 Å². The molecule has 0 bridgehead atoms. The SMILES string of the molecule is C=CCN(CCO)S(=O)(=O)c1cc(C#N)ccc1C. The first-order valence-electron chi connectivity index (χ1n) is 5.70. The Hall–Kier alpha value is -1.68. The second-order valence-electron chi connectivity index (χ2n) is 3.97. The van der Waals surface area contributed by atoms with Gasteiger partial charge in [0, 0.05) is 13.1 Å². The Morgan fingerprint density at radius 3 is 2.74 bits per heavy atom. The van der Waals surface area contributed by atoms with Crippen LogP contribution in [0.2, 0.25) is 0 Å². The maximum Gasteiger partial charge on any atom is 0.243 e. The van der Waals surface area contributed by atoms with Gasteiger partial charge in [0.1, 0.15) is 0 Å². The first-order chi connectivity index (χ1) is 8.97. The van der Waals surface area contributed by atoms with Crippen molar-refractivity contribution in [3.8, 4) is 6.07 Å². The van der Waals surface area contributed by atoms with Crippen molar-refractivity contribution in [3.05, 3.63) is 42.0 Å². The largest absolute Gasteiger partial charge is 0.395 e. The van der Waals surface area contributed by atoms with Crippen LogP contribution in [0.5, 0.6) is 0 Å². The van der Waals surface area contributed by atoms with Crippen LogP contribution in [-0.4, -0.2) is 37.5 Å². The van der Waals surface area contributed by atoms with Gasteiger partial charge in [0.15, 0.2) is 0 Å². The molecule has 0 unspecified atom stereocenters. The van der Waals surface area contributed by atoms with Gasteiger partial charge in [0.25, 0.3) is 0 Å². The van der Waals surface area contributed by atoms with Crippen molar-refractivity contribution in [2.45, 2.75) is 11.8 Å². The zero-order chi connectivity index (χ0) is 14.5. The minimum absolute atomic E-state index is 0.00935. The highest BCUT2D eigenvalue weighted by Crippen LogP contribution is 2.21. The molecule has 0 fully saturated rings. The molecule has 6 heteroatoms. The highest BCUT2D eigenvalue weighted by atomic mass is 32.2. The summed E-state index contributed by atoms with van der Waals surface area (Å²) in [5, 5.41) is 17.8. The molecule has 1 rings (SSSR count). The highest BCUT2D eigenvalue weighted by molar-refractivity contribution is 7.89. The third kappa shape index (κ3) is 3.41. The summed E-state index contributed by atoms with van der Waals surface area (Å²) in [6.45, 7) is 5.00. The lowest BCUT2D eigenvalue weighted by molar-refractivity contribution is 0.260. The lowest BCUT2D eigenvalue weighted by atomic mass is 10.2. The third-order valence-corrected chi connectivity index (χ3v) is 4.62. The van der Waals surface area contributed by atoms with E-state index in [0.29, 0.717) is 5.56 Å². The Balaban J connectivity index is 3.32. The van der Waals surface area contributed by atoms with E-state index in [1.54, 1.807) is 19.1 Å². The van der Waals surface area contributed by atoms with Crippen LogP contribution in [-0.2, 0) is 10.0 Å². The summed E-state index contributed by atoms with van der Waals surface area (Å²) < 4.78 is 26.0. The molecule has 1 aromatic rings. The normalized spacial score (nSPS) is 11.3. The fourth-order valence-electron chi connectivity index (χ4n) is 1.65. The van der Waals surface area contributed by atoms with Crippen LogP contribution in [0, 0.1) is 18.3 Å². The van der Waals surface area contributed by atoms with E-state index in [9.17, 15) is 8.42 Å². The number of hydrogen-bond acceptors (Lipinski definition) is 4. The standard InChI is InChI=1S/C13H16N2O3S/c1-3-6-15(7-8-16)19(17,18)13-9-12(10-14)5-4-11(13)2/h3-5,9,16H,1,6-8H2,2H3. The molecular weight excluding hydrogens is 264 g/mol. The molecule has 0 amide bonds. The van der Waals surface area contributed by atoms with Gasteiger partial charge in [-0.1, -0.05) is 12.1 Å². The average molecular weight is 280 g/mol. The zero-order valence-electron chi connectivity index (χ0n) is 10.7. The van der Waals surface area contributed by atoms with E-state index >= 15 is 0 Å². The maximum absolute atomic E-state index is 12.5. The molecule has 19 heavy (non-hydrogen) atoms. The van der Waals surface area contributed by atoms with Gasteiger partial charge in [-0.3, -0.25) is 0 Å². The monoisotopic (exact) mass is 280 g/mol. The molecule has 0 aliphatic heterocycles. The van der Waals surface area contributed by atoms with Crippen molar-refractivity contribution in [2.24, 2.45) is 0 Å². The number of aryl methyl sites for hydroxylation is 1. The summed E-state index contributed by atoms with van der Waals surface area (Å²) in [5.74, 6) is 0. The van der Waals surface area contributed by atoms with Gasteiger partial charge in [-0.15, -0.1) is 6.58 Å². The summed E-state index contributed by atoms with van der Waals surface area (Å²) >= 11 is 0. The molecule has 0 radical (unpaired) electrons. The van der Waals surface area contributed by atoms with Gasteiger partial charge < -0.3 is 5.11 Å². The second kappa shape index (κ2) is 6.48. The molecule has 0 spiro atoms. The van der Waals surface area contributed by atoms with Gasteiger partial charge in [-0.05, 0) is 24.6 Å². The third-order valence-electron chi connectivity index (χ3n) is 2.62. The predicted molar refractivity (Wildman–Crippen MR) is 71.9 cm³/mol. The van der Waals surface area contributed by atoms with Gasteiger partial charge in [0.2, 0.25) is 10.0 Å². The Labute approximate surface area is 113 Å². The van der Waals surface area contributed by atoms with Gasteiger partial charge in [-0.2, -0.15) is 9.57 Å². The van der Waals surface area contributed by atoms with Crippen LogP contribution in [0.3, 0.4) is 0 Å². The molecular formula is C13H16N2O3S. The summed E-state index contributed by atoms with van der Waals surface area (Å²) in [4.78, 5) is 0.0850. The van der Waals surface area contributed by atoms with Crippen LogP contribution < -0.4 is 0 Å². The Morgan fingerprint density at radius 1 is 1.53 bits per heavy atom. The van der Waals surface area contributed by atoms with E-state index in [-0.39, 0.29) is 30.2 Å². The van der Waals surface area contributed by atoms with Gasteiger partial charge in [0.05, 0.1) is 23.1 Å². The molecule has 0 aliphatic carbocycles. The van der Waals surface area contributed by atoms with E-state index in [4.69, 9.17) is 10.4 Å². The Morgan fingerprint density at radius 2 is 2.21 bits per heavy atom. The number of aliphatic hydroxyl groups is 1. The number of rotatable bonds is 6. The lowest BCUT2D eigenvalue weighted by Crippen LogP contribution is -2.34.